The third-order valence-electron chi connectivity index (χ3n) is 4.36. The van der Waals surface area contributed by atoms with Gasteiger partial charge in [-0.1, -0.05) is 25.5 Å². The van der Waals surface area contributed by atoms with Gasteiger partial charge in [0.25, 0.3) is 0 Å². The highest BCUT2D eigenvalue weighted by Crippen LogP contribution is 2.24. The number of benzene rings is 1. The lowest BCUT2D eigenvalue weighted by Crippen LogP contribution is -2.42. The lowest BCUT2D eigenvalue weighted by Gasteiger charge is -2.16. The van der Waals surface area contributed by atoms with Crippen LogP contribution in [0.15, 0.2) is 24.3 Å². The molecule has 1 heterocycles. The van der Waals surface area contributed by atoms with E-state index < -0.39 is 11.8 Å². The standard InChI is InChI=1S/C17H21N5O2/c1-10-5-3-8-14(10)20-17(24)16(23)19-13-7-4-6-12(9-13)15-18-11(2)21-22-15/h4,6-7,9-10,14H,3,5,8H2,1-2H3,(H,19,23)(H,20,24)(H,18,21,22). The van der Waals surface area contributed by atoms with E-state index in [0.29, 0.717) is 23.3 Å². The number of aryl methyl sites for hydroxylation is 1. The molecule has 2 unspecified atom stereocenters. The third-order valence-corrected chi connectivity index (χ3v) is 4.36. The molecular weight excluding hydrogens is 306 g/mol. The van der Waals surface area contributed by atoms with Gasteiger partial charge in [0, 0.05) is 17.3 Å². The summed E-state index contributed by atoms with van der Waals surface area (Å²) in [5.74, 6) is 0.432. The number of nitrogens with one attached hydrogen (secondary N) is 3. The first-order chi connectivity index (χ1) is 11.5. The van der Waals surface area contributed by atoms with Gasteiger partial charge < -0.3 is 10.6 Å². The van der Waals surface area contributed by atoms with Gasteiger partial charge in [-0.2, -0.15) is 5.10 Å². The van der Waals surface area contributed by atoms with Crippen molar-refractivity contribution in [3.8, 4) is 11.4 Å². The van der Waals surface area contributed by atoms with Crippen LogP contribution < -0.4 is 10.6 Å². The smallest absolute Gasteiger partial charge is 0.313 e. The topological polar surface area (TPSA) is 99.8 Å². The van der Waals surface area contributed by atoms with E-state index in [1.807, 2.05) is 13.0 Å². The number of hydrogen-bond donors (Lipinski definition) is 3. The number of anilines is 1. The van der Waals surface area contributed by atoms with Crippen LogP contribution in [0.1, 0.15) is 32.0 Å². The summed E-state index contributed by atoms with van der Waals surface area (Å²) in [4.78, 5) is 28.4. The fourth-order valence-electron chi connectivity index (χ4n) is 2.99. The zero-order valence-electron chi connectivity index (χ0n) is 13.8. The monoisotopic (exact) mass is 327 g/mol. The normalized spacial score (nSPS) is 19.9. The summed E-state index contributed by atoms with van der Waals surface area (Å²) in [6.07, 6.45) is 3.11. The van der Waals surface area contributed by atoms with E-state index in [1.165, 1.54) is 0 Å². The van der Waals surface area contributed by atoms with E-state index in [0.717, 1.165) is 24.8 Å². The molecule has 2 aromatic rings. The molecule has 0 saturated heterocycles. The van der Waals surface area contributed by atoms with Crippen LogP contribution in [0.3, 0.4) is 0 Å². The van der Waals surface area contributed by atoms with Crippen molar-refractivity contribution in [2.75, 3.05) is 5.32 Å². The summed E-state index contributed by atoms with van der Waals surface area (Å²) in [5.41, 5.74) is 1.30. The lowest BCUT2D eigenvalue weighted by molar-refractivity contribution is -0.136. The molecule has 1 fully saturated rings. The summed E-state index contributed by atoms with van der Waals surface area (Å²) in [6, 6.07) is 7.19. The first-order valence-electron chi connectivity index (χ1n) is 8.14. The molecule has 0 aliphatic heterocycles. The van der Waals surface area contributed by atoms with Gasteiger partial charge in [-0.3, -0.25) is 14.7 Å². The Hall–Kier alpha value is -2.70. The average molecular weight is 327 g/mol. The predicted molar refractivity (Wildman–Crippen MR) is 90.1 cm³/mol. The van der Waals surface area contributed by atoms with Crippen molar-refractivity contribution in [2.24, 2.45) is 5.92 Å². The zero-order valence-corrected chi connectivity index (χ0v) is 13.8. The Labute approximate surface area is 140 Å². The van der Waals surface area contributed by atoms with Gasteiger partial charge in [0.2, 0.25) is 0 Å². The van der Waals surface area contributed by atoms with E-state index >= 15 is 0 Å². The van der Waals surface area contributed by atoms with E-state index in [-0.39, 0.29) is 6.04 Å². The maximum atomic E-state index is 12.1. The Morgan fingerprint density at radius 1 is 1.25 bits per heavy atom. The Morgan fingerprint density at radius 3 is 2.75 bits per heavy atom. The Kier molecular flexibility index (Phi) is 4.59. The highest BCUT2D eigenvalue weighted by Gasteiger charge is 2.27. The first-order valence-corrected chi connectivity index (χ1v) is 8.14. The Balaban J connectivity index is 1.65. The van der Waals surface area contributed by atoms with Crippen molar-refractivity contribution in [3.05, 3.63) is 30.1 Å². The number of aromatic nitrogens is 3. The van der Waals surface area contributed by atoms with Crippen LogP contribution in [0.4, 0.5) is 5.69 Å². The van der Waals surface area contributed by atoms with E-state index in [2.05, 4.69) is 32.7 Å². The van der Waals surface area contributed by atoms with E-state index in [9.17, 15) is 9.59 Å². The highest BCUT2D eigenvalue weighted by molar-refractivity contribution is 6.39. The fraction of sp³-hybridized carbons (Fsp3) is 0.412. The zero-order chi connectivity index (χ0) is 17.1. The van der Waals surface area contributed by atoms with Crippen molar-refractivity contribution < 1.29 is 9.59 Å². The van der Waals surface area contributed by atoms with E-state index in [1.54, 1.807) is 18.2 Å². The Bertz CT molecular complexity index is 755. The molecule has 1 aromatic carbocycles. The van der Waals surface area contributed by atoms with Gasteiger partial charge in [0.15, 0.2) is 5.82 Å². The molecular formula is C17H21N5O2. The number of H-pyrrole nitrogens is 1. The van der Waals surface area contributed by atoms with Crippen LogP contribution in [0.2, 0.25) is 0 Å². The third kappa shape index (κ3) is 3.61. The van der Waals surface area contributed by atoms with Crippen molar-refractivity contribution in [3.63, 3.8) is 0 Å². The number of nitrogens with zero attached hydrogens (tertiary/aromatic N) is 2. The average Bonchev–Trinajstić information content (AvgIpc) is 3.16. The Morgan fingerprint density at radius 2 is 2.08 bits per heavy atom. The van der Waals surface area contributed by atoms with Crippen LogP contribution in [0, 0.1) is 12.8 Å². The van der Waals surface area contributed by atoms with Gasteiger partial charge in [-0.05, 0) is 37.8 Å². The van der Waals surface area contributed by atoms with Gasteiger partial charge in [-0.25, -0.2) is 4.98 Å². The molecule has 1 saturated carbocycles. The minimum Gasteiger partial charge on any atom is -0.345 e. The summed E-state index contributed by atoms with van der Waals surface area (Å²) >= 11 is 0. The maximum absolute atomic E-state index is 12.1. The molecule has 24 heavy (non-hydrogen) atoms. The molecule has 1 aliphatic rings. The fourth-order valence-corrected chi connectivity index (χ4v) is 2.99. The lowest BCUT2D eigenvalue weighted by atomic mass is 10.1. The second kappa shape index (κ2) is 6.82. The molecule has 3 rings (SSSR count). The molecule has 7 heteroatoms. The molecule has 1 aliphatic carbocycles. The van der Waals surface area contributed by atoms with E-state index in [4.69, 9.17) is 0 Å². The molecule has 0 spiro atoms. The minimum absolute atomic E-state index is 0.0887. The highest BCUT2D eigenvalue weighted by atomic mass is 16.2. The second-order valence-corrected chi connectivity index (χ2v) is 6.27. The van der Waals surface area contributed by atoms with Crippen LogP contribution >= 0.6 is 0 Å². The number of amides is 2. The van der Waals surface area contributed by atoms with Gasteiger partial charge >= 0.3 is 11.8 Å². The van der Waals surface area contributed by atoms with Crippen molar-refractivity contribution in [2.45, 2.75) is 39.2 Å². The maximum Gasteiger partial charge on any atom is 0.313 e. The van der Waals surface area contributed by atoms with Crippen LogP contribution in [-0.2, 0) is 9.59 Å². The molecule has 3 N–H and O–H groups in total. The molecule has 1 aromatic heterocycles. The molecule has 7 nitrogen and oxygen atoms in total. The largest absolute Gasteiger partial charge is 0.345 e. The molecule has 0 radical (unpaired) electrons. The molecule has 2 amide bonds. The van der Waals surface area contributed by atoms with Gasteiger partial charge in [0.1, 0.15) is 5.82 Å². The van der Waals surface area contributed by atoms with Crippen LogP contribution in [0.25, 0.3) is 11.4 Å². The molecule has 126 valence electrons. The van der Waals surface area contributed by atoms with Gasteiger partial charge in [-0.15, -0.1) is 0 Å². The summed E-state index contributed by atoms with van der Waals surface area (Å²) in [5, 5.41) is 12.3. The SMILES string of the molecule is Cc1nc(-c2cccc(NC(=O)C(=O)NC3CCCC3C)c2)n[nH]1. The number of carbonyl (C=O) groups excluding carboxylic acids is 2. The predicted octanol–water partition coefficient (Wildman–Crippen LogP) is 2.02. The minimum atomic E-state index is -0.655. The summed E-state index contributed by atoms with van der Waals surface area (Å²) in [7, 11) is 0. The van der Waals surface area contributed by atoms with Crippen molar-refractivity contribution in [1.29, 1.82) is 0 Å². The first kappa shape index (κ1) is 16.2. The quantitative estimate of drug-likeness (QED) is 0.751. The van der Waals surface area contributed by atoms with Crippen molar-refractivity contribution in [1.82, 2.24) is 20.5 Å². The molecule has 2 atom stereocenters. The summed E-state index contributed by atoms with van der Waals surface area (Å²) < 4.78 is 0. The van der Waals surface area contributed by atoms with Gasteiger partial charge in [0.05, 0.1) is 0 Å². The molecule has 0 bridgehead atoms. The summed E-state index contributed by atoms with van der Waals surface area (Å²) in [6.45, 7) is 3.91. The number of hydrogen-bond acceptors (Lipinski definition) is 4. The second-order valence-electron chi connectivity index (χ2n) is 6.27. The van der Waals surface area contributed by atoms with Crippen LogP contribution in [-0.4, -0.2) is 33.0 Å². The van der Waals surface area contributed by atoms with Crippen LogP contribution in [0.5, 0.6) is 0 Å². The van der Waals surface area contributed by atoms with Crippen molar-refractivity contribution >= 4 is 17.5 Å². The number of aromatic amines is 1. The number of carbonyl (C=O) groups is 2. The number of rotatable bonds is 3.